The van der Waals surface area contributed by atoms with Gasteiger partial charge in [0.25, 0.3) is 0 Å². The lowest BCUT2D eigenvalue weighted by Crippen LogP contribution is -2.45. The third-order valence-electron chi connectivity index (χ3n) is 3.55. The van der Waals surface area contributed by atoms with Gasteiger partial charge in [0.05, 0.1) is 11.1 Å². The predicted molar refractivity (Wildman–Crippen MR) is 60.4 cm³/mol. The van der Waals surface area contributed by atoms with Crippen LogP contribution in [0, 0.1) is 5.82 Å². The van der Waals surface area contributed by atoms with Crippen molar-refractivity contribution < 1.29 is 4.39 Å². The average Bonchev–Trinajstić information content (AvgIpc) is 2.55. The van der Waals surface area contributed by atoms with Gasteiger partial charge in [-0.2, -0.15) is 0 Å². The highest BCUT2D eigenvalue weighted by Gasteiger charge is 2.38. The monoisotopic (exact) mass is 219 g/mol. The largest absolute Gasteiger partial charge is 0.329 e. The van der Waals surface area contributed by atoms with Gasteiger partial charge in [-0.05, 0) is 31.4 Å². The summed E-state index contributed by atoms with van der Waals surface area (Å²) in [6.45, 7) is 0. The molecular formula is C12H14FN3. The molecule has 1 aliphatic rings. The fourth-order valence-corrected chi connectivity index (χ4v) is 2.41. The Balaban J connectivity index is 2.27. The summed E-state index contributed by atoms with van der Waals surface area (Å²) in [5, 5.41) is 0. The highest BCUT2D eigenvalue weighted by Crippen LogP contribution is 2.39. The quantitative estimate of drug-likeness (QED) is 0.797. The Kier molecular flexibility index (Phi) is 1.86. The summed E-state index contributed by atoms with van der Waals surface area (Å²) in [7, 11) is 1.90. The van der Waals surface area contributed by atoms with Gasteiger partial charge in [-0.15, -0.1) is 0 Å². The van der Waals surface area contributed by atoms with Crippen molar-refractivity contribution in [3.63, 3.8) is 0 Å². The van der Waals surface area contributed by atoms with Gasteiger partial charge in [-0.1, -0.05) is 6.07 Å². The van der Waals surface area contributed by atoms with Crippen LogP contribution in [-0.2, 0) is 12.6 Å². The number of imidazole rings is 1. The summed E-state index contributed by atoms with van der Waals surface area (Å²) < 4.78 is 15.5. The molecule has 84 valence electrons. The number of benzene rings is 1. The van der Waals surface area contributed by atoms with Crippen LogP contribution in [0.4, 0.5) is 4.39 Å². The lowest BCUT2D eigenvalue weighted by atomic mass is 9.77. The number of nitrogens with two attached hydrogens (primary N) is 1. The van der Waals surface area contributed by atoms with Gasteiger partial charge in [-0.3, -0.25) is 0 Å². The fourth-order valence-electron chi connectivity index (χ4n) is 2.41. The Bertz CT molecular complexity index is 555. The standard InChI is InChI=1S/C12H14FN3/c1-16-9-5-2-4-8(13)10(9)15-11(16)12(14)6-3-7-12/h2,4-5H,3,6-7,14H2,1H3. The molecule has 0 spiro atoms. The Morgan fingerprint density at radius 1 is 1.44 bits per heavy atom. The van der Waals surface area contributed by atoms with Crippen molar-refractivity contribution in [2.75, 3.05) is 0 Å². The van der Waals surface area contributed by atoms with E-state index in [1.165, 1.54) is 6.07 Å². The molecule has 1 aromatic heterocycles. The van der Waals surface area contributed by atoms with E-state index in [0.717, 1.165) is 30.6 Å². The van der Waals surface area contributed by atoms with Gasteiger partial charge in [0.2, 0.25) is 0 Å². The minimum atomic E-state index is -0.347. The van der Waals surface area contributed by atoms with Gasteiger partial charge in [0.15, 0.2) is 5.82 Å². The summed E-state index contributed by atoms with van der Waals surface area (Å²) in [5.74, 6) is 0.529. The number of hydrogen-bond donors (Lipinski definition) is 1. The van der Waals surface area contributed by atoms with E-state index in [2.05, 4.69) is 4.98 Å². The fraction of sp³-hybridized carbons (Fsp3) is 0.417. The normalized spacial score (nSPS) is 18.7. The summed E-state index contributed by atoms with van der Waals surface area (Å²) in [5.41, 5.74) is 7.13. The Labute approximate surface area is 93.1 Å². The lowest BCUT2D eigenvalue weighted by molar-refractivity contribution is 0.234. The predicted octanol–water partition coefficient (Wildman–Crippen LogP) is 2.05. The second-order valence-electron chi connectivity index (χ2n) is 4.61. The third-order valence-corrected chi connectivity index (χ3v) is 3.55. The maximum absolute atomic E-state index is 13.6. The van der Waals surface area contributed by atoms with Crippen LogP contribution in [0.2, 0.25) is 0 Å². The molecule has 4 heteroatoms. The zero-order valence-corrected chi connectivity index (χ0v) is 9.20. The number of para-hydroxylation sites is 1. The molecule has 0 radical (unpaired) electrons. The molecule has 1 aliphatic carbocycles. The summed E-state index contributed by atoms with van der Waals surface area (Å²) in [6.07, 6.45) is 3.00. The van der Waals surface area contributed by atoms with Crippen LogP contribution in [0.5, 0.6) is 0 Å². The van der Waals surface area contributed by atoms with Crippen molar-refractivity contribution in [2.24, 2.45) is 12.8 Å². The molecule has 2 N–H and O–H groups in total. The van der Waals surface area contributed by atoms with Gasteiger partial charge in [-0.25, -0.2) is 9.37 Å². The number of aromatic nitrogens is 2. The maximum atomic E-state index is 13.6. The molecule has 0 saturated heterocycles. The summed E-state index contributed by atoms with van der Waals surface area (Å²) in [6, 6.07) is 5.01. The van der Waals surface area contributed by atoms with Crippen molar-refractivity contribution in [1.82, 2.24) is 9.55 Å². The van der Waals surface area contributed by atoms with Crippen LogP contribution in [-0.4, -0.2) is 9.55 Å². The summed E-state index contributed by atoms with van der Waals surface area (Å²) >= 11 is 0. The van der Waals surface area contributed by atoms with E-state index in [4.69, 9.17) is 5.73 Å². The van der Waals surface area contributed by atoms with Crippen LogP contribution >= 0.6 is 0 Å². The molecule has 3 nitrogen and oxygen atoms in total. The van der Waals surface area contributed by atoms with Gasteiger partial charge in [0, 0.05) is 7.05 Å². The van der Waals surface area contributed by atoms with Crippen LogP contribution in [0.25, 0.3) is 11.0 Å². The van der Waals surface area contributed by atoms with E-state index in [-0.39, 0.29) is 11.4 Å². The van der Waals surface area contributed by atoms with Gasteiger partial charge in [0.1, 0.15) is 11.3 Å². The molecule has 3 rings (SSSR count). The molecule has 2 aromatic rings. The van der Waals surface area contributed by atoms with Crippen LogP contribution in [0.1, 0.15) is 25.1 Å². The lowest BCUT2D eigenvalue weighted by Gasteiger charge is -2.37. The minimum absolute atomic E-state index is 0.276. The Hall–Kier alpha value is -1.42. The Morgan fingerprint density at radius 2 is 2.19 bits per heavy atom. The molecule has 1 fully saturated rings. The van der Waals surface area contributed by atoms with Crippen LogP contribution in [0.15, 0.2) is 18.2 Å². The molecular weight excluding hydrogens is 205 g/mol. The van der Waals surface area contributed by atoms with Crippen LogP contribution < -0.4 is 5.73 Å². The van der Waals surface area contributed by atoms with Crippen molar-refractivity contribution in [1.29, 1.82) is 0 Å². The second kappa shape index (κ2) is 3.04. The van der Waals surface area contributed by atoms with E-state index < -0.39 is 0 Å². The molecule has 0 amide bonds. The smallest absolute Gasteiger partial charge is 0.151 e. The zero-order valence-electron chi connectivity index (χ0n) is 9.20. The molecule has 0 bridgehead atoms. The molecule has 16 heavy (non-hydrogen) atoms. The molecule has 0 atom stereocenters. The second-order valence-corrected chi connectivity index (χ2v) is 4.61. The molecule has 0 aliphatic heterocycles. The highest BCUT2D eigenvalue weighted by atomic mass is 19.1. The van der Waals surface area contributed by atoms with Crippen molar-refractivity contribution in [2.45, 2.75) is 24.8 Å². The number of rotatable bonds is 1. The minimum Gasteiger partial charge on any atom is -0.329 e. The number of nitrogens with zero attached hydrogens (tertiary/aromatic N) is 2. The first kappa shape index (κ1) is 9.78. The highest BCUT2D eigenvalue weighted by molar-refractivity contribution is 5.76. The number of fused-ring (bicyclic) bond motifs is 1. The van der Waals surface area contributed by atoms with E-state index >= 15 is 0 Å². The zero-order chi connectivity index (χ0) is 11.3. The van der Waals surface area contributed by atoms with E-state index in [1.54, 1.807) is 6.07 Å². The van der Waals surface area contributed by atoms with E-state index in [9.17, 15) is 4.39 Å². The van der Waals surface area contributed by atoms with Crippen molar-refractivity contribution in [3.8, 4) is 0 Å². The van der Waals surface area contributed by atoms with Gasteiger partial charge < -0.3 is 10.3 Å². The first-order valence-electron chi connectivity index (χ1n) is 5.52. The maximum Gasteiger partial charge on any atom is 0.151 e. The third kappa shape index (κ3) is 1.13. The van der Waals surface area contributed by atoms with Crippen LogP contribution in [0.3, 0.4) is 0 Å². The molecule has 1 aromatic carbocycles. The molecule has 1 saturated carbocycles. The molecule has 1 heterocycles. The van der Waals surface area contributed by atoms with Crippen molar-refractivity contribution in [3.05, 3.63) is 29.8 Å². The first-order valence-corrected chi connectivity index (χ1v) is 5.52. The molecule has 0 unspecified atom stereocenters. The van der Waals surface area contributed by atoms with Crippen molar-refractivity contribution >= 4 is 11.0 Å². The van der Waals surface area contributed by atoms with Gasteiger partial charge >= 0.3 is 0 Å². The Morgan fingerprint density at radius 3 is 2.75 bits per heavy atom. The number of aryl methyl sites for hydroxylation is 1. The number of halogens is 1. The summed E-state index contributed by atoms with van der Waals surface area (Å²) in [4.78, 5) is 4.37. The number of hydrogen-bond acceptors (Lipinski definition) is 2. The first-order chi connectivity index (χ1) is 7.62. The average molecular weight is 219 g/mol. The van der Waals surface area contributed by atoms with E-state index in [1.807, 2.05) is 17.7 Å². The topological polar surface area (TPSA) is 43.8 Å². The van der Waals surface area contributed by atoms with E-state index in [0.29, 0.717) is 5.52 Å². The SMILES string of the molecule is Cn1c(C2(N)CCC2)nc2c(F)cccc21.